The van der Waals surface area contributed by atoms with E-state index >= 15 is 0 Å². The van der Waals surface area contributed by atoms with Crippen molar-refractivity contribution >= 4 is 29.1 Å². The summed E-state index contributed by atoms with van der Waals surface area (Å²) >= 11 is 0. The summed E-state index contributed by atoms with van der Waals surface area (Å²) in [6, 6.07) is 8.13. The lowest BCUT2D eigenvalue weighted by atomic mass is 9.92. The van der Waals surface area contributed by atoms with Gasteiger partial charge in [-0.3, -0.25) is 10.1 Å². The number of amides is 2. The third-order valence-corrected chi connectivity index (χ3v) is 6.76. The first-order valence-electron chi connectivity index (χ1n) is 12.2. The average Bonchev–Trinajstić information content (AvgIpc) is 3.49. The lowest BCUT2D eigenvalue weighted by Crippen LogP contribution is -2.40. The zero-order valence-corrected chi connectivity index (χ0v) is 20.2. The van der Waals surface area contributed by atoms with Crippen molar-refractivity contribution in [3.8, 4) is 0 Å². The fourth-order valence-electron chi connectivity index (χ4n) is 5.07. The van der Waals surface area contributed by atoms with Gasteiger partial charge in [-0.05, 0) is 62.6 Å². The van der Waals surface area contributed by atoms with Crippen molar-refractivity contribution < 1.29 is 14.1 Å². The summed E-state index contributed by atoms with van der Waals surface area (Å²) in [6.07, 6.45) is 7.01. The number of anilines is 3. The van der Waals surface area contributed by atoms with E-state index in [9.17, 15) is 9.59 Å². The normalized spacial score (nSPS) is 20.5. The molecule has 2 saturated carbocycles. The number of hydrogen-bond acceptors (Lipinski definition) is 5. The predicted octanol–water partition coefficient (Wildman–Crippen LogP) is 6.11. The van der Waals surface area contributed by atoms with Gasteiger partial charge in [-0.2, -0.15) is 0 Å². The Bertz CT molecular complexity index is 993. The molecule has 0 unspecified atom stereocenters. The van der Waals surface area contributed by atoms with Gasteiger partial charge >= 0.3 is 6.03 Å². The number of aromatic nitrogens is 1. The van der Waals surface area contributed by atoms with Crippen LogP contribution in [0.3, 0.4) is 0 Å². The van der Waals surface area contributed by atoms with E-state index in [0.29, 0.717) is 23.5 Å². The molecule has 4 rings (SSSR count). The Kier molecular flexibility index (Phi) is 7.05. The van der Waals surface area contributed by atoms with Crippen molar-refractivity contribution in [1.29, 1.82) is 0 Å². The van der Waals surface area contributed by atoms with Crippen molar-refractivity contribution in [3.05, 3.63) is 35.5 Å². The molecule has 2 amide bonds. The highest BCUT2D eigenvalue weighted by Crippen LogP contribution is 2.49. The highest BCUT2D eigenvalue weighted by Gasteiger charge is 2.42. The zero-order chi connectivity index (χ0) is 23.5. The predicted molar refractivity (Wildman–Crippen MR) is 131 cm³/mol. The van der Waals surface area contributed by atoms with Crippen molar-refractivity contribution in [2.75, 3.05) is 22.1 Å². The molecule has 2 aliphatic carbocycles. The highest BCUT2D eigenvalue weighted by molar-refractivity contribution is 6.01. The second-order valence-electron chi connectivity index (χ2n) is 10.1. The largest absolute Gasteiger partial charge is 0.367 e. The second kappa shape index (κ2) is 9.98. The molecule has 0 aliphatic heterocycles. The molecular weight excluding hydrogens is 416 g/mol. The van der Waals surface area contributed by atoms with Crippen LogP contribution in [0.1, 0.15) is 76.5 Å². The van der Waals surface area contributed by atoms with Crippen molar-refractivity contribution in [2.24, 2.45) is 11.8 Å². The molecule has 7 nitrogen and oxygen atoms in total. The van der Waals surface area contributed by atoms with Gasteiger partial charge in [0.15, 0.2) is 0 Å². The van der Waals surface area contributed by atoms with Crippen LogP contribution < -0.4 is 15.5 Å². The first-order valence-corrected chi connectivity index (χ1v) is 12.2. The topological polar surface area (TPSA) is 87.5 Å². The van der Waals surface area contributed by atoms with Crippen LogP contribution in [-0.4, -0.2) is 29.6 Å². The summed E-state index contributed by atoms with van der Waals surface area (Å²) in [6.45, 7) is 8.87. The van der Waals surface area contributed by atoms with Gasteiger partial charge in [0.1, 0.15) is 5.78 Å². The minimum absolute atomic E-state index is 0.0970. The van der Waals surface area contributed by atoms with Crippen molar-refractivity contribution in [1.82, 2.24) is 5.16 Å². The fourth-order valence-corrected chi connectivity index (χ4v) is 5.07. The molecule has 0 saturated heterocycles. The van der Waals surface area contributed by atoms with Crippen LogP contribution in [0.2, 0.25) is 0 Å². The van der Waals surface area contributed by atoms with Gasteiger partial charge in [-0.25, -0.2) is 4.79 Å². The summed E-state index contributed by atoms with van der Waals surface area (Å²) in [7, 11) is 0. The molecule has 33 heavy (non-hydrogen) atoms. The van der Waals surface area contributed by atoms with E-state index in [1.165, 1.54) is 32.1 Å². The quantitative estimate of drug-likeness (QED) is 0.504. The summed E-state index contributed by atoms with van der Waals surface area (Å²) in [5, 5.41) is 9.63. The van der Waals surface area contributed by atoms with E-state index in [4.69, 9.17) is 4.52 Å². The third kappa shape index (κ3) is 5.75. The second-order valence-corrected chi connectivity index (χ2v) is 10.1. The monoisotopic (exact) mass is 452 g/mol. The lowest BCUT2D eigenvalue weighted by molar-refractivity contribution is -0.118. The number of carbonyl (C=O) groups excluding carboxylic acids is 2. The van der Waals surface area contributed by atoms with Crippen molar-refractivity contribution in [2.45, 2.75) is 78.2 Å². The lowest BCUT2D eigenvalue weighted by Gasteiger charge is -2.38. The molecule has 0 radical (unpaired) electrons. The maximum Gasteiger partial charge on any atom is 0.326 e. The molecule has 1 aromatic carbocycles. The summed E-state index contributed by atoms with van der Waals surface area (Å²) in [5.41, 5.74) is 3.64. The number of nitrogens with one attached hydrogen (secondary N) is 2. The molecule has 2 fully saturated rings. The van der Waals surface area contributed by atoms with Crippen LogP contribution in [0.4, 0.5) is 22.1 Å². The Hall–Kier alpha value is -2.83. The maximum absolute atomic E-state index is 12.9. The minimum atomic E-state index is -0.364. The van der Waals surface area contributed by atoms with Gasteiger partial charge in [0.05, 0.1) is 17.1 Å². The van der Waals surface area contributed by atoms with E-state index < -0.39 is 0 Å². The first-order chi connectivity index (χ1) is 15.8. The number of carbonyl (C=O) groups is 2. The Labute approximate surface area is 196 Å². The molecule has 2 aliphatic rings. The van der Waals surface area contributed by atoms with E-state index in [0.717, 1.165) is 29.9 Å². The van der Waals surface area contributed by atoms with Gasteiger partial charge in [0.25, 0.3) is 0 Å². The smallest absolute Gasteiger partial charge is 0.326 e. The third-order valence-electron chi connectivity index (χ3n) is 6.76. The molecule has 2 aromatic rings. The van der Waals surface area contributed by atoms with Gasteiger partial charge in [0.2, 0.25) is 5.88 Å². The number of aryl methyl sites for hydroxylation is 1. The van der Waals surface area contributed by atoms with Gasteiger partial charge in [0, 0.05) is 24.6 Å². The van der Waals surface area contributed by atoms with E-state index in [1.54, 1.807) is 13.0 Å². The Morgan fingerprint density at radius 2 is 1.91 bits per heavy atom. The SMILES string of the molecule is CC(=O)[C@@H]1C[C@@H]1c1ccc(N(CC(C)C)C2CCCCC2)c(NC(=O)Nc2cc(C)no2)c1. The van der Waals surface area contributed by atoms with Crippen LogP contribution in [0.25, 0.3) is 0 Å². The van der Waals surface area contributed by atoms with Crippen LogP contribution in [0.5, 0.6) is 0 Å². The number of ketones is 1. The van der Waals surface area contributed by atoms with E-state index in [2.05, 4.69) is 52.7 Å². The molecule has 178 valence electrons. The van der Waals surface area contributed by atoms with Crippen LogP contribution in [0.15, 0.2) is 28.8 Å². The van der Waals surface area contributed by atoms with Crippen LogP contribution in [0, 0.1) is 18.8 Å². The maximum atomic E-state index is 12.9. The molecule has 2 N–H and O–H groups in total. The minimum Gasteiger partial charge on any atom is -0.367 e. The number of urea groups is 1. The van der Waals surface area contributed by atoms with Crippen LogP contribution in [-0.2, 0) is 4.79 Å². The first kappa shape index (κ1) is 23.3. The number of nitrogens with zero attached hydrogens (tertiary/aromatic N) is 2. The van der Waals surface area contributed by atoms with Crippen molar-refractivity contribution in [3.63, 3.8) is 0 Å². The standard InChI is InChI=1S/C26H36N4O3/c1-16(2)15-30(20-8-6-5-7-9-20)24-11-10-19(22-14-21(22)18(4)31)13-23(24)27-26(32)28-25-12-17(3)29-33-25/h10-13,16,20-22H,5-9,14-15H2,1-4H3,(H2,27,28,32)/t21-,22+/m0/s1. The molecule has 1 heterocycles. The molecule has 0 bridgehead atoms. The molecule has 7 heteroatoms. The number of hydrogen-bond donors (Lipinski definition) is 2. The Morgan fingerprint density at radius 1 is 1.15 bits per heavy atom. The van der Waals surface area contributed by atoms with E-state index in [1.807, 2.05) is 6.92 Å². The summed E-state index contributed by atoms with van der Waals surface area (Å²) < 4.78 is 5.14. The fraction of sp³-hybridized carbons (Fsp3) is 0.577. The Morgan fingerprint density at radius 3 is 2.52 bits per heavy atom. The summed E-state index contributed by atoms with van der Waals surface area (Å²) in [4.78, 5) is 27.2. The highest BCUT2D eigenvalue weighted by atomic mass is 16.5. The number of rotatable bonds is 8. The number of Topliss-reactive ketones (excluding diaryl/α,β-unsaturated/α-hetero) is 1. The van der Waals surface area contributed by atoms with Crippen LogP contribution >= 0.6 is 0 Å². The zero-order valence-electron chi connectivity index (χ0n) is 20.2. The number of benzene rings is 1. The molecule has 2 atom stereocenters. The van der Waals surface area contributed by atoms with E-state index in [-0.39, 0.29) is 23.7 Å². The molecular formula is C26H36N4O3. The van der Waals surface area contributed by atoms with Gasteiger partial charge in [-0.1, -0.05) is 44.3 Å². The molecule has 0 spiro atoms. The average molecular weight is 453 g/mol. The van der Waals surface area contributed by atoms with Gasteiger partial charge in [-0.15, -0.1) is 0 Å². The summed E-state index contributed by atoms with van der Waals surface area (Å²) in [5.74, 6) is 1.38. The van der Waals surface area contributed by atoms with Gasteiger partial charge < -0.3 is 14.7 Å². The Balaban J connectivity index is 1.63. The molecule has 1 aromatic heterocycles.